The molecule has 0 saturated heterocycles. The number of rotatable bonds is 5. The van der Waals surface area contributed by atoms with E-state index in [9.17, 15) is 0 Å². The quantitative estimate of drug-likeness (QED) is 0.788. The zero-order chi connectivity index (χ0) is 11.3. The first-order valence-electron chi connectivity index (χ1n) is 4.89. The molecule has 0 saturated carbocycles. The van der Waals surface area contributed by atoms with Crippen LogP contribution in [0.1, 0.15) is 20.8 Å². The summed E-state index contributed by atoms with van der Waals surface area (Å²) in [5.74, 6) is 0.711. The number of nitrogens with one attached hydrogen (secondary N) is 1. The second-order valence-corrected chi connectivity index (χ2v) is 4.16. The minimum Gasteiger partial charge on any atom is -0.374 e. The molecule has 0 radical (unpaired) electrons. The summed E-state index contributed by atoms with van der Waals surface area (Å²) < 4.78 is 5.54. The van der Waals surface area contributed by atoms with Crippen molar-refractivity contribution in [2.75, 3.05) is 18.5 Å². The third kappa shape index (κ3) is 4.44. The highest BCUT2D eigenvalue weighted by Crippen LogP contribution is 2.12. The Morgan fingerprint density at radius 2 is 2.20 bits per heavy atom. The van der Waals surface area contributed by atoms with Crippen LogP contribution in [0.25, 0.3) is 0 Å². The molecule has 0 amide bonds. The van der Waals surface area contributed by atoms with Crippen molar-refractivity contribution in [3.63, 3.8) is 0 Å². The van der Waals surface area contributed by atoms with E-state index in [1.165, 1.54) is 6.33 Å². The third-order valence-corrected chi connectivity index (χ3v) is 2.07. The molecule has 0 atom stereocenters. The predicted octanol–water partition coefficient (Wildman–Crippen LogP) is 2.36. The average molecular weight is 230 g/mol. The first-order chi connectivity index (χ1) is 7.03. The maximum absolute atomic E-state index is 5.73. The van der Waals surface area contributed by atoms with Crippen molar-refractivity contribution in [2.45, 2.75) is 26.4 Å². The van der Waals surface area contributed by atoms with Crippen molar-refractivity contribution >= 4 is 17.4 Å². The summed E-state index contributed by atoms with van der Waals surface area (Å²) in [6.07, 6.45) is 1.43. The van der Waals surface area contributed by atoms with Gasteiger partial charge >= 0.3 is 0 Å². The highest BCUT2D eigenvalue weighted by Gasteiger charge is 2.17. The Bertz CT molecular complexity index is 317. The van der Waals surface area contributed by atoms with Crippen molar-refractivity contribution in [3.05, 3.63) is 17.5 Å². The molecule has 0 aromatic carbocycles. The van der Waals surface area contributed by atoms with E-state index < -0.39 is 0 Å². The molecule has 0 aliphatic rings. The van der Waals surface area contributed by atoms with Crippen LogP contribution in [0.2, 0.25) is 5.15 Å². The van der Waals surface area contributed by atoms with E-state index >= 15 is 0 Å². The van der Waals surface area contributed by atoms with Gasteiger partial charge in [0, 0.05) is 19.2 Å². The van der Waals surface area contributed by atoms with Crippen molar-refractivity contribution in [2.24, 2.45) is 0 Å². The molecule has 4 nitrogen and oxygen atoms in total. The Balaban J connectivity index is 2.49. The zero-order valence-corrected chi connectivity index (χ0v) is 10.0. The minimum atomic E-state index is -0.216. The smallest absolute Gasteiger partial charge is 0.134 e. The van der Waals surface area contributed by atoms with E-state index in [0.29, 0.717) is 24.1 Å². The molecule has 15 heavy (non-hydrogen) atoms. The maximum atomic E-state index is 5.73. The summed E-state index contributed by atoms with van der Waals surface area (Å²) in [7, 11) is 0. The first kappa shape index (κ1) is 12.2. The Kier molecular flexibility index (Phi) is 4.29. The Morgan fingerprint density at radius 1 is 1.47 bits per heavy atom. The summed E-state index contributed by atoms with van der Waals surface area (Å²) in [5, 5.41) is 3.58. The van der Waals surface area contributed by atoms with E-state index in [1.807, 2.05) is 20.8 Å². The van der Waals surface area contributed by atoms with Gasteiger partial charge in [-0.2, -0.15) is 0 Å². The molecule has 1 aromatic rings. The Hall–Kier alpha value is -0.870. The molecule has 0 spiro atoms. The molecule has 0 unspecified atom stereocenters. The van der Waals surface area contributed by atoms with Crippen molar-refractivity contribution in [1.29, 1.82) is 0 Å². The molecule has 0 bridgehead atoms. The van der Waals surface area contributed by atoms with Crippen LogP contribution in [-0.4, -0.2) is 28.7 Å². The fraction of sp³-hybridized carbons (Fsp3) is 0.600. The molecule has 84 valence electrons. The largest absolute Gasteiger partial charge is 0.374 e. The van der Waals surface area contributed by atoms with Gasteiger partial charge in [-0.05, 0) is 20.8 Å². The van der Waals surface area contributed by atoms with E-state index in [2.05, 4.69) is 15.3 Å². The van der Waals surface area contributed by atoms with Gasteiger partial charge < -0.3 is 10.1 Å². The lowest BCUT2D eigenvalue weighted by Crippen LogP contribution is -2.33. The zero-order valence-electron chi connectivity index (χ0n) is 9.25. The number of hydrogen-bond acceptors (Lipinski definition) is 4. The molecular weight excluding hydrogens is 214 g/mol. The number of aromatic nitrogens is 2. The lowest BCUT2D eigenvalue weighted by molar-refractivity contribution is 0.000641. The number of ether oxygens (including phenoxy) is 1. The van der Waals surface area contributed by atoms with Crippen molar-refractivity contribution < 1.29 is 4.74 Å². The van der Waals surface area contributed by atoms with Crippen LogP contribution in [-0.2, 0) is 4.74 Å². The van der Waals surface area contributed by atoms with Gasteiger partial charge in [0.25, 0.3) is 0 Å². The topological polar surface area (TPSA) is 47.0 Å². The van der Waals surface area contributed by atoms with Gasteiger partial charge in [0.05, 0.1) is 5.60 Å². The highest BCUT2D eigenvalue weighted by atomic mass is 35.5. The summed E-state index contributed by atoms with van der Waals surface area (Å²) in [5.41, 5.74) is -0.216. The Labute approximate surface area is 95.0 Å². The van der Waals surface area contributed by atoms with Crippen LogP contribution in [0, 0.1) is 0 Å². The van der Waals surface area contributed by atoms with Gasteiger partial charge in [0.15, 0.2) is 0 Å². The van der Waals surface area contributed by atoms with Crippen LogP contribution >= 0.6 is 11.6 Å². The van der Waals surface area contributed by atoms with E-state index in [0.717, 1.165) is 0 Å². The van der Waals surface area contributed by atoms with Crippen LogP contribution in [0.5, 0.6) is 0 Å². The summed E-state index contributed by atoms with van der Waals surface area (Å²) in [6.45, 7) is 7.38. The Morgan fingerprint density at radius 3 is 2.80 bits per heavy atom. The van der Waals surface area contributed by atoms with Crippen LogP contribution in [0.15, 0.2) is 12.4 Å². The number of halogens is 1. The lowest BCUT2D eigenvalue weighted by Gasteiger charge is -2.25. The fourth-order valence-corrected chi connectivity index (χ4v) is 1.32. The monoisotopic (exact) mass is 229 g/mol. The lowest BCUT2D eigenvalue weighted by atomic mass is 10.1. The summed E-state index contributed by atoms with van der Waals surface area (Å²) in [6, 6.07) is 1.68. The van der Waals surface area contributed by atoms with Gasteiger partial charge in [-0.25, -0.2) is 9.97 Å². The summed E-state index contributed by atoms with van der Waals surface area (Å²) in [4.78, 5) is 7.84. The fourth-order valence-electron chi connectivity index (χ4n) is 1.18. The molecule has 1 rings (SSSR count). The standard InChI is InChI=1S/C10H16ClN3O/c1-4-15-10(2,3)6-12-9-5-8(11)13-7-14-9/h5,7H,4,6H2,1-3H3,(H,12,13,14). The van der Waals surface area contributed by atoms with E-state index in [1.54, 1.807) is 6.07 Å². The van der Waals surface area contributed by atoms with Crippen molar-refractivity contribution in [1.82, 2.24) is 9.97 Å². The van der Waals surface area contributed by atoms with Gasteiger partial charge in [-0.1, -0.05) is 11.6 Å². The molecule has 1 N–H and O–H groups in total. The van der Waals surface area contributed by atoms with Gasteiger partial charge in [0.2, 0.25) is 0 Å². The first-order valence-corrected chi connectivity index (χ1v) is 5.26. The number of nitrogens with zero attached hydrogens (tertiary/aromatic N) is 2. The third-order valence-electron chi connectivity index (χ3n) is 1.86. The average Bonchev–Trinajstić information content (AvgIpc) is 2.15. The minimum absolute atomic E-state index is 0.216. The normalized spacial score (nSPS) is 11.5. The summed E-state index contributed by atoms with van der Waals surface area (Å²) >= 11 is 5.73. The van der Waals surface area contributed by atoms with Crippen LogP contribution in [0.4, 0.5) is 5.82 Å². The van der Waals surface area contributed by atoms with Crippen LogP contribution in [0.3, 0.4) is 0 Å². The number of hydrogen-bond donors (Lipinski definition) is 1. The molecule has 1 heterocycles. The van der Waals surface area contributed by atoms with Gasteiger partial charge in [0.1, 0.15) is 17.3 Å². The van der Waals surface area contributed by atoms with Crippen LogP contribution < -0.4 is 5.32 Å². The highest BCUT2D eigenvalue weighted by molar-refractivity contribution is 6.29. The molecule has 0 fully saturated rings. The molecule has 5 heteroatoms. The second kappa shape index (κ2) is 5.28. The van der Waals surface area contributed by atoms with Crippen molar-refractivity contribution in [3.8, 4) is 0 Å². The number of anilines is 1. The molecule has 0 aliphatic heterocycles. The molecule has 1 aromatic heterocycles. The second-order valence-electron chi connectivity index (χ2n) is 3.77. The predicted molar refractivity (Wildman–Crippen MR) is 61.2 cm³/mol. The van der Waals surface area contributed by atoms with E-state index in [4.69, 9.17) is 16.3 Å². The maximum Gasteiger partial charge on any atom is 0.134 e. The van der Waals surface area contributed by atoms with Gasteiger partial charge in [-0.3, -0.25) is 0 Å². The van der Waals surface area contributed by atoms with E-state index in [-0.39, 0.29) is 5.60 Å². The SMILES string of the molecule is CCOC(C)(C)CNc1cc(Cl)ncn1. The van der Waals surface area contributed by atoms with Gasteiger partial charge in [-0.15, -0.1) is 0 Å². The molecular formula is C10H16ClN3O. The molecule has 0 aliphatic carbocycles.